The van der Waals surface area contributed by atoms with Crippen LogP contribution in [-0.2, 0) is 22.4 Å². The van der Waals surface area contributed by atoms with E-state index in [0.717, 1.165) is 5.56 Å². The Balaban J connectivity index is 3.08. The van der Waals surface area contributed by atoms with Gasteiger partial charge in [0, 0.05) is 0 Å². The van der Waals surface area contributed by atoms with Crippen molar-refractivity contribution in [2.24, 2.45) is 0 Å². The van der Waals surface area contributed by atoms with E-state index >= 15 is 0 Å². The molecule has 0 amide bonds. The molecule has 0 bridgehead atoms. The minimum Gasteiger partial charge on any atom is -0.466 e. The molecule has 0 aliphatic heterocycles. The summed E-state index contributed by atoms with van der Waals surface area (Å²) in [4.78, 5) is 11.3. The second kappa shape index (κ2) is 6.00. The van der Waals surface area contributed by atoms with Gasteiger partial charge in [-0.3, -0.25) is 4.79 Å². The van der Waals surface area contributed by atoms with Crippen molar-refractivity contribution in [1.29, 1.82) is 5.26 Å². The van der Waals surface area contributed by atoms with E-state index in [0.29, 0.717) is 12.0 Å². The summed E-state index contributed by atoms with van der Waals surface area (Å²) in [5.41, 5.74) is 1.08. The third kappa shape index (κ3) is 3.28. The Hall–Kier alpha value is -1.89. The SMILES string of the molecule is CCOC(=O)Cc1cc(CC)cc(F)c1C#N. The van der Waals surface area contributed by atoms with Crippen molar-refractivity contribution in [3.8, 4) is 6.07 Å². The third-order valence-corrected chi connectivity index (χ3v) is 2.39. The van der Waals surface area contributed by atoms with Gasteiger partial charge in [-0.15, -0.1) is 0 Å². The molecule has 17 heavy (non-hydrogen) atoms. The highest BCUT2D eigenvalue weighted by atomic mass is 19.1. The topological polar surface area (TPSA) is 50.1 Å². The number of aryl methyl sites for hydroxylation is 1. The molecule has 0 aliphatic rings. The first kappa shape index (κ1) is 13.2. The van der Waals surface area contributed by atoms with Crippen LogP contribution < -0.4 is 0 Å². The molecule has 1 aromatic rings. The average molecular weight is 235 g/mol. The van der Waals surface area contributed by atoms with Crippen molar-refractivity contribution < 1.29 is 13.9 Å². The van der Waals surface area contributed by atoms with E-state index in [9.17, 15) is 9.18 Å². The van der Waals surface area contributed by atoms with Gasteiger partial charge in [-0.25, -0.2) is 4.39 Å². The van der Waals surface area contributed by atoms with Crippen molar-refractivity contribution in [1.82, 2.24) is 0 Å². The number of esters is 1. The summed E-state index contributed by atoms with van der Waals surface area (Å²) < 4.78 is 18.3. The van der Waals surface area contributed by atoms with Gasteiger partial charge in [0.2, 0.25) is 0 Å². The lowest BCUT2D eigenvalue weighted by Gasteiger charge is -2.07. The third-order valence-electron chi connectivity index (χ3n) is 2.39. The Bertz CT molecular complexity index is 463. The van der Waals surface area contributed by atoms with Crippen LogP contribution in [0.2, 0.25) is 0 Å². The van der Waals surface area contributed by atoms with Gasteiger partial charge < -0.3 is 4.74 Å². The molecule has 90 valence electrons. The zero-order chi connectivity index (χ0) is 12.8. The molecule has 0 heterocycles. The quantitative estimate of drug-likeness (QED) is 0.753. The summed E-state index contributed by atoms with van der Waals surface area (Å²) in [6.45, 7) is 3.86. The number of hydrogen-bond acceptors (Lipinski definition) is 3. The minimum absolute atomic E-state index is 0.0680. The summed E-state index contributed by atoms with van der Waals surface area (Å²) in [5.74, 6) is -1.03. The first-order valence-electron chi connectivity index (χ1n) is 5.49. The van der Waals surface area contributed by atoms with E-state index in [1.165, 1.54) is 6.07 Å². The van der Waals surface area contributed by atoms with Crippen molar-refractivity contribution in [3.63, 3.8) is 0 Å². The molecular weight excluding hydrogens is 221 g/mol. The first-order chi connectivity index (χ1) is 8.12. The molecule has 4 heteroatoms. The smallest absolute Gasteiger partial charge is 0.310 e. The number of nitriles is 1. The molecular formula is C13H14FNO2. The van der Waals surface area contributed by atoms with Gasteiger partial charge in [0.15, 0.2) is 0 Å². The second-order valence-electron chi connectivity index (χ2n) is 3.56. The fourth-order valence-electron chi connectivity index (χ4n) is 1.56. The zero-order valence-electron chi connectivity index (χ0n) is 9.92. The van der Waals surface area contributed by atoms with Gasteiger partial charge in [-0.05, 0) is 30.5 Å². The van der Waals surface area contributed by atoms with Crippen LogP contribution in [-0.4, -0.2) is 12.6 Å². The van der Waals surface area contributed by atoms with Crippen molar-refractivity contribution in [2.45, 2.75) is 26.7 Å². The molecule has 0 aliphatic carbocycles. The molecule has 1 aromatic carbocycles. The first-order valence-corrected chi connectivity index (χ1v) is 5.49. The van der Waals surface area contributed by atoms with E-state index in [1.807, 2.05) is 6.92 Å². The van der Waals surface area contributed by atoms with Crippen LogP contribution in [0.3, 0.4) is 0 Å². The van der Waals surface area contributed by atoms with Crippen LogP contribution in [0, 0.1) is 17.1 Å². The van der Waals surface area contributed by atoms with Gasteiger partial charge in [0.05, 0.1) is 18.6 Å². The number of ether oxygens (including phenoxy) is 1. The lowest BCUT2D eigenvalue weighted by molar-refractivity contribution is -0.142. The number of carbonyl (C=O) groups excluding carboxylic acids is 1. The largest absolute Gasteiger partial charge is 0.466 e. The molecule has 0 N–H and O–H groups in total. The molecule has 0 unspecified atom stereocenters. The fourth-order valence-corrected chi connectivity index (χ4v) is 1.56. The maximum absolute atomic E-state index is 13.6. The fraction of sp³-hybridized carbons (Fsp3) is 0.385. The Morgan fingerprint density at radius 1 is 1.47 bits per heavy atom. The predicted molar refractivity (Wildman–Crippen MR) is 60.8 cm³/mol. The molecule has 1 rings (SSSR count). The maximum Gasteiger partial charge on any atom is 0.310 e. The average Bonchev–Trinajstić information content (AvgIpc) is 2.28. The Kier molecular flexibility index (Phi) is 4.65. The van der Waals surface area contributed by atoms with E-state index in [-0.39, 0.29) is 18.6 Å². The van der Waals surface area contributed by atoms with E-state index in [4.69, 9.17) is 10.00 Å². The summed E-state index contributed by atoms with van der Waals surface area (Å²) in [6, 6.07) is 4.79. The number of rotatable bonds is 4. The molecule has 0 saturated carbocycles. The lowest BCUT2D eigenvalue weighted by atomic mass is 10.0. The zero-order valence-corrected chi connectivity index (χ0v) is 9.92. The highest BCUT2D eigenvalue weighted by Gasteiger charge is 2.14. The van der Waals surface area contributed by atoms with Crippen molar-refractivity contribution in [2.75, 3.05) is 6.61 Å². The van der Waals surface area contributed by atoms with Crippen LogP contribution >= 0.6 is 0 Å². The number of halogens is 1. The van der Waals surface area contributed by atoms with Crippen LogP contribution in [0.15, 0.2) is 12.1 Å². The number of carbonyl (C=O) groups is 1. The predicted octanol–water partition coefficient (Wildman–Crippen LogP) is 2.37. The van der Waals surface area contributed by atoms with Crippen molar-refractivity contribution >= 4 is 5.97 Å². The minimum atomic E-state index is -0.578. The van der Waals surface area contributed by atoms with Crippen LogP contribution in [0.25, 0.3) is 0 Å². The second-order valence-corrected chi connectivity index (χ2v) is 3.56. The lowest BCUT2D eigenvalue weighted by Crippen LogP contribution is -2.10. The number of hydrogen-bond donors (Lipinski definition) is 0. The van der Waals surface area contributed by atoms with Gasteiger partial charge in [-0.1, -0.05) is 13.0 Å². The van der Waals surface area contributed by atoms with Crippen LogP contribution in [0.1, 0.15) is 30.5 Å². The van der Waals surface area contributed by atoms with E-state index < -0.39 is 11.8 Å². The van der Waals surface area contributed by atoms with Gasteiger partial charge >= 0.3 is 5.97 Å². The van der Waals surface area contributed by atoms with Gasteiger partial charge in [-0.2, -0.15) is 5.26 Å². The maximum atomic E-state index is 13.6. The standard InChI is InChI=1S/C13H14FNO2/c1-3-9-5-10(7-13(16)17-4-2)11(8-15)12(14)6-9/h5-6H,3-4,7H2,1-2H3. The van der Waals surface area contributed by atoms with Gasteiger partial charge in [0.25, 0.3) is 0 Å². The Labute approximate surface area is 99.8 Å². The number of nitrogens with zero attached hydrogens (tertiary/aromatic N) is 1. The summed E-state index contributed by atoms with van der Waals surface area (Å²) >= 11 is 0. The summed E-state index contributed by atoms with van der Waals surface area (Å²) in [7, 11) is 0. The van der Waals surface area contributed by atoms with Crippen LogP contribution in [0.4, 0.5) is 4.39 Å². The highest BCUT2D eigenvalue weighted by Crippen LogP contribution is 2.17. The molecule has 3 nitrogen and oxygen atoms in total. The monoisotopic (exact) mass is 235 g/mol. The molecule has 0 atom stereocenters. The Morgan fingerprint density at radius 3 is 2.71 bits per heavy atom. The normalized spacial score (nSPS) is 9.76. The van der Waals surface area contributed by atoms with Gasteiger partial charge in [0.1, 0.15) is 11.9 Å². The molecule has 0 fully saturated rings. The Morgan fingerprint density at radius 2 is 2.18 bits per heavy atom. The molecule has 0 aromatic heterocycles. The molecule has 0 saturated heterocycles. The summed E-state index contributed by atoms with van der Waals surface area (Å²) in [6.07, 6.45) is 0.583. The number of benzene rings is 1. The molecule has 0 spiro atoms. The van der Waals surface area contributed by atoms with Crippen molar-refractivity contribution in [3.05, 3.63) is 34.6 Å². The highest BCUT2D eigenvalue weighted by molar-refractivity contribution is 5.73. The van der Waals surface area contributed by atoms with Crippen LogP contribution in [0.5, 0.6) is 0 Å². The molecule has 0 radical (unpaired) electrons. The van der Waals surface area contributed by atoms with E-state index in [1.54, 1.807) is 19.1 Å². The summed E-state index contributed by atoms with van der Waals surface area (Å²) in [5, 5.41) is 8.86. The van der Waals surface area contributed by atoms with E-state index in [2.05, 4.69) is 0 Å².